The molecular formula is C13H18N2O. The maximum absolute atomic E-state index is 9.31. The van der Waals surface area contributed by atoms with E-state index in [4.69, 9.17) is 0 Å². The third kappa shape index (κ3) is 2.25. The summed E-state index contributed by atoms with van der Waals surface area (Å²) in [6, 6.07) is 2.06. The SMILES string of the molecule is CC1=CCN(c2cc(C)ncc2CO)CC1. The number of aryl methyl sites for hydroxylation is 1. The van der Waals surface area contributed by atoms with E-state index in [1.54, 1.807) is 6.20 Å². The van der Waals surface area contributed by atoms with E-state index in [-0.39, 0.29) is 6.61 Å². The van der Waals surface area contributed by atoms with Gasteiger partial charge in [-0.2, -0.15) is 0 Å². The number of hydrogen-bond donors (Lipinski definition) is 1. The highest BCUT2D eigenvalue weighted by molar-refractivity contribution is 5.54. The fourth-order valence-electron chi connectivity index (χ4n) is 1.98. The fourth-order valence-corrected chi connectivity index (χ4v) is 1.98. The van der Waals surface area contributed by atoms with Crippen molar-refractivity contribution in [2.75, 3.05) is 18.0 Å². The monoisotopic (exact) mass is 218 g/mol. The van der Waals surface area contributed by atoms with Crippen molar-refractivity contribution in [2.24, 2.45) is 0 Å². The van der Waals surface area contributed by atoms with E-state index in [2.05, 4.69) is 29.0 Å². The Morgan fingerprint density at radius 1 is 1.44 bits per heavy atom. The van der Waals surface area contributed by atoms with E-state index in [0.717, 1.165) is 36.5 Å². The molecule has 1 aliphatic rings. The molecule has 86 valence electrons. The van der Waals surface area contributed by atoms with Gasteiger partial charge in [0.05, 0.1) is 6.61 Å². The van der Waals surface area contributed by atoms with Crippen LogP contribution in [0.3, 0.4) is 0 Å². The summed E-state index contributed by atoms with van der Waals surface area (Å²) in [5.41, 5.74) is 4.49. The quantitative estimate of drug-likeness (QED) is 0.772. The number of anilines is 1. The van der Waals surface area contributed by atoms with Gasteiger partial charge in [0.15, 0.2) is 0 Å². The van der Waals surface area contributed by atoms with E-state index < -0.39 is 0 Å². The zero-order valence-electron chi connectivity index (χ0n) is 9.90. The minimum Gasteiger partial charge on any atom is -0.392 e. The van der Waals surface area contributed by atoms with Crippen molar-refractivity contribution >= 4 is 5.69 Å². The van der Waals surface area contributed by atoms with Crippen LogP contribution in [0.15, 0.2) is 23.9 Å². The summed E-state index contributed by atoms with van der Waals surface area (Å²) in [6.45, 7) is 6.17. The van der Waals surface area contributed by atoms with Crippen LogP contribution in [-0.4, -0.2) is 23.2 Å². The second kappa shape index (κ2) is 4.66. The Hall–Kier alpha value is -1.35. The Labute approximate surface area is 96.4 Å². The van der Waals surface area contributed by atoms with E-state index in [9.17, 15) is 5.11 Å². The molecule has 0 bridgehead atoms. The topological polar surface area (TPSA) is 36.4 Å². The minimum atomic E-state index is 0.0574. The van der Waals surface area contributed by atoms with Crippen LogP contribution in [-0.2, 0) is 6.61 Å². The predicted molar refractivity (Wildman–Crippen MR) is 65.5 cm³/mol. The number of aliphatic hydroxyl groups excluding tert-OH is 1. The van der Waals surface area contributed by atoms with Gasteiger partial charge in [-0.05, 0) is 26.3 Å². The van der Waals surface area contributed by atoms with Crippen molar-refractivity contribution in [3.8, 4) is 0 Å². The summed E-state index contributed by atoms with van der Waals surface area (Å²) < 4.78 is 0. The molecule has 1 aliphatic heterocycles. The van der Waals surface area contributed by atoms with Gasteiger partial charge < -0.3 is 10.0 Å². The maximum Gasteiger partial charge on any atom is 0.0717 e. The normalized spacial score (nSPS) is 16.2. The van der Waals surface area contributed by atoms with Crippen molar-refractivity contribution in [3.05, 3.63) is 35.2 Å². The summed E-state index contributed by atoms with van der Waals surface area (Å²) >= 11 is 0. The molecular weight excluding hydrogens is 200 g/mol. The van der Waals surface area contributed by atoms with Crippen LogP contribution >= 0.6 is 0 Å². The molecule has 0 saturated carbocycles. The Bertz CT molecular complexity index is 412. The molecule has 0 radical (unpaired) electrons. The summed E-state index contributed by atoms with van der Waals surface area (Å²) in [4.78, 5) is 6.52. The highest BCUT2D eigenvalue weighted by Crippen LogP contribution is 2.24. The van der Waals surface area contributed by atoms with Crippen molar-refractivity contribution in [1.82, 2.24) is 4.98 Å². The lowest BCUT2D eigenvalue weighted by Crippen LogP contribution is -2.29. The number of nitrogens with zero attached hydrogens (tertiary/aromatic N) is 2. The van der Waals surface area contributed by atoms with Gasteiger partial charge in [-0.1, -0.05) is 11.6 Å². The maximum atomic E-state index is 9.31. The summed E-state index contributed by atoms with van der Waals surface area (Å²) in [5, 5.41) is 9.31. The van der Waals surface area contributed by atoms with Crippen LogP contribution in [0.4, 0.5) is 5.69 Å². The standard InChI is InChI=1S/C13H18N2O/c1-10-3-5-15(6-4-10)13-7-11(2)14-8-12(13)9-16/h3,7-8,16H,4-6,9H2,1-2H3. The predicted octanol–water partition coefficient (Wildman–Crippen LogP) is 2.04. The summed E-state index contributed by atoms with van der Waals surface area (Å²) in [7, 11) is 0. The average Bonchev–Trinajstić information content (AvgIpc) is 2.30. The van der Waals surface area contributed by atoms with Gasteiger partial charge in [0.25, 0.3) is 0 Å². The molecule has 2 heterocycles. The molecule has 1 aromatic rings. The van der Waals surface area contributed by atoms with Gasteiger partial charge in [-0.3, -0.25) is 4.98 Å². The van der Waals surface area contributed by atoms with Crippen LogP contribution in [0.5, 0.6) is 0 Å². The van der Waals surface area contributed by atoms with E-state index in [1.165, 1.54) is 5.57 Å². The van der Waals surface area contributed by atoms with Gasteiger partial charge in [-0.15, -0.1) is 0 Å². The fraction of sp³-hybridized carbons (Fsp3) is 0.462. The lowest BCUT2D eigenvalue weighted by Gasteiger charge is -2.29. The molecule has 3 nitrogen and oxygen atoms in total. The molecule has 0 amide bonds. The molecule has 0 unspecified atom stereocenters. The number of aromatic nitrogens is 1. The number of hydrogen-bond acceptors (Lipinski definition) is 3. The number of aliphatic hydroxyl groups is 1. The molecule has 0 saturated heterocycles. The van der Waals surface area contributed by atoms with E-state index in [1.807, 2.05) is 6.92 Å². The first-order valence-corrected chi connectivity index (χ1v) is 5.67. The lowest BCUT2D eigenvalue weighted by molar-refractivity contribution is 0.281. The minimum absolute atomic E-state index is 0.0574. The molecule has 3 heteroatoms. The summed E-state index contributed by atoms with van der Waals surface area (Å²) in [6.07, 6.45) is 5.13. The highest BCUT2D eigenvalue weighted by atomic mass is 16.3. The number of rotatable bonds is 2. The molecule has 1 aromatic heterocycles. The van der Waals surface area contributed by atoms with Crippen LogP contribution in [0.1, 0.15) is 24.6 Å². The first-order valence-electron chi connectivity index (χ1n) is 5.67. The first kappa shape index (κ1) is 11.1. The molecule has 0 spiro atoms. The Morgan fingerprint density at radius 3 is 2.88 bits per heavy atom. The second-order valence-corrected chi connectivity index (χ2v) is 4.36. The Kier molecular flexibility index (Phi) is 3.25. The molecule has 0 aliphatic carbocycles. The number of pyridine rings is 1. The highest BCUT2D eigenvalue weighted by Gasteiger charge is 2.13. The van der Waals surface area contributed by atoms with Crippen molar-refractivity contribution in [1.29, 1.82) is 0 Å². The Balaban J connectivity index is 2.29. The van der Waals surface area contributed by atoms with E-state index >= 15 is 0 Å². The van der Waals surface area contributed by atoms with Crippen LogP contribution in [0.2, 0.25) is 0 Å². The van der Waals surface area contributed by atoms with Gasteiger partial charge in [0, 0.05) is 36.2 Å². The molecule has 1 N–H and O–H groups in total. The van der Waals surface area contributed by atoms with Gasteiger partial charge >= 0.3 is 0 Å². The molecule has 16 heavy (non-hydrogen) atoms. The van der Waals surface area contributed by atoms with Gasteiger partial charge in [-0.25, -0.2) is 0 Å². The van der Waals surface area contributed by atoms with Crippen LogP contribution in [0.25, 0.3) is 0 Å². The second-order valence-electron chi connectivity index (χ2n) is 4.36. The Morgan fingerprint density at radius 2 is 2.25 bits per heavy atom. The van der Waals surface area contributed by atoms with Crippen LogP contribution in [0, 0.1) is 6.92 Å². The first-order chi connectivity index (χ1) is 7.70. The third-order valence-electron chi connectivity index (χ3n) is 3.05. The lowest BCUT2D eigenvalue weighted by atomic mass is 10.1. The van der Waals surface area contributed by atoms with Gasteiger partial charge in [0.2, 0.25) is 0 Å². The third-order valence-corrected chi connectivity index (χ3v) is 3.05. The molecule has 0 fully saturated rings. The molecule has 2 rings (SSSR count). The average molecular weight is 218 g/mol. The molecule has 0 aromatic carbocycles. The van der Waals surface area contributed by atoms with Crippen molar-refractivity contribution in [3.63, 3.8) is 0 Å². The van der Waals surface area contributed by atoms with Crippen LogP contribution < -0.4 is 4.90 Å². The summed E-state index contributed by atoms with van der Waals surface area (Å²) in [5.74, 6) is 0. The molecule has 0 atom stereocenters. The van der Waals surface area contributed by atoms with Crippen molar-refractivity contribution < 1.29 is 5.11 Å². The smallest absolute Gasteiger partial charge is 0.0717 e. The largest absolute Gasteiger partial charge is 0.392 e. The zero-order valence-corrected chi connectivity index (χ0v) is 9.90. The van der Waals surface area contributed by atoms with Crippen molar-refractivity contribution in [2.45, 2.75) is 26.9 Å². The zero-order chi connectivity index (χ0) is 11.5. The van der Waals surface area contributed by atoms with E-state index in [0.29, 0.717) is 0 Å². The van der Waals surface area contributed by atoms with Gasteiger partial charge in [0.1, 0.15) is 0 Å².